The van der Waals surface area contributed by atoms with E-state index < -0.39 is 24.1 Å². The van der Waals surface area contributed by atoms with Crippen molar-refractivity contribution in [2.24, 2.45) is 5.92 Å². The van der Waals surface area contributed by atoms with Crippen LogP contribution in [0.15, 0.2) is 60.7 Å². The fourth-order valence-electron chi connectivity index (χ4n) is 2.33. The van der Waals surface area contributed by atoms with E-state index in [2.05, 4.69) is 27.9 Å². The van der Waals surface area contributed by atoms with Gasteiger partial charge in [0.15, 0.2) is 0 Å². The van der Waals surface area contributed by atoms with Gasteiger partial charge in [-0.15, -0.1) is 0 Å². The van der Waals surface area contributed by atoms with E-state index in [0.717, 1.165) is 9.65 Å². The SMILES string of the molecule is C[C@H](/C=C/C(=O)O)[C@@H](OC(=O)Nc1ccccc1)c1cc(I)ccc1O. The topological polar surface area (TPSA) is 95.9 Å². The van der Waals surface area contributed by atoms with Crippen LogP contribution in [0.2, 0.25) is 0 Å². The molecule has 0 aromatic heterocycles. The molecule has 136 valence electrons. The van der Waals surface area contributed by atoms with Crippen molar-refractivity contribution in [3.63, 3.8) is 0 Å². The zero-order valence-corrected chi connectivity index (χ0v) is 16.1. The van der Waals surface area contributed by atoms with Gasteiger partial charge in [0, 0.05) is 26.8 Å². The van der Waals surface area contributed by atoms with Gasteiger partial charge in [-0.1, -0.05) is 31.2 Å². The Balaban J connectivity index is 2.26. The average molecular weight is 467 g/mol. The number of carboxylic acid groups (broad SMARTS) is 1. The van der Waals surface area contributed by atoms with Crippen molar-refractivity contribution >= 4 is 40.3 Å². The average Bonchev–Trinajstić information content (AvgIpc) is 2.60. The van der Waals surface area contributed by atoms with E-state index in [4.69, 9.17) is 9.84 Å². The number of hydrogen-bond donors (Lipinski definition) is 3. The van der Waals surface area contributed by atoms with Crippen molar-refractivity contribution in [1.82, 2.24) is 0 Å². The number of phenolic OH excluding ortho intramolecular Hbond substituents is 1. The molecule has 26 heavy (non-hydrogen) atoms. The lowest BCUT2D eigenvalue weighted by molar-refractivity contribution is -0.131. The smallest absolute Gasteiger partial charge is 0.412 e. The molecule has 0 aliphatic carbocycles. The molecule has 6 nitrogen and oxygen atoms in total. The molecule has 0 spiro atoms. The summed E-state index contributed by atoms with van der Waals surface area (Å²) in [6, 6.07) is 13.7. The van der Waals surface area contributed by atoms with Gasteiger partial charge in [-0.3, -0.25) is 5.32 Å². The van der Waals surface area contributed by atoms with Gasteiger partial charge in [-0.05, 0) is 52.9 Å². The van der Waals surface area contributed by atoms with Crippen LogP contribution < -0.4 is 5.32 Å². The Kier molecular flexibility index (Phi) is 7.02. The van der Waals surface area contributed by atoms with Gasteiger partial charge in [-0.2, -0.15) is 0 Å². The number of carbonyl (C=O) groups is 2. The molecule has 0 unspecified atom stereocenters. The van der Waals surface area contributed by atoms with Crippen LogP contribution in [0.1, 0.15) is 18.6 Å². The molecular weight excluding hydrogens is 449 g/mol. The van der Waals surface area contributed by atoms with Crippen LogP contribution in [0.4, 0.5) is 10.5 Å². The maximum Gasteiger partial charge on any atom is 0.412 e. The fourth-order valence-corrected chi connectivity index (χ4v) is 2.84. The summed E-state index contributed by atoms with van der Waals surface area (Å²) in [6.45, 7) is 1.71. The number of amides is 1. The van der Waals surface area contributed by atoms with Gasteiger partial charge in [0.05, 0.1) is 0 Å². The predicted molar refractivity (Wildman–Crippen MR) is 106 cm³/mol. The molecule has 7 heteroatoms. The van der Waals surface area contributed by atoms with E-state index in [9.17, 15) is 14.7 Å². The molecule has 0 aliphatic heterocycles. The molecule has 0 saturated heterocycles. The maximum absolute atomic E-state index is 12.3. The molecule has 2 atom stereocenters. The number of para-hydroxylation sites is 1. The second kappa shape index (κ2) is 9.23. The Labute approximate surface area is 164 Å². The van der Waals surface area contributed by atoms with Crippen molar-refractivity contribution in [1.29, 1.82) is 0 Å². The summed E-state index contributed by atoms with van der Waals surface area (Å²) >= 11 is 2.08. The number of rotatable bonds is 6. The van der Waals surface area contributed by atoms with Crippen molar-refractivity contribution in [2.45, 2.75) is 13.0 Å². The Morgan fingerprint density at radius 3 is 2.54 bits per heavy atom. The number of halogens is 1. The third kappa shape index (κ3) is 5.76. The molecule has 0 radical (unpaired) electrons. The second-order valence-electron chi connectivity index (χ2n) is 5.58. The van der Waals surface area contributed by atoms with Crippen LogP contribution in [0, 0.1) is 9.49 Å². The van der Waals surface area contributed by atoms with Gasteiger partial charge in [0.2, 0.25) is 0 Å². The number of carboxylic acids is 1. The predicted octanol–water partition coefficient (Wildman–Crippen LogP) is 4.56. The Morgan fingerprint density at radius 1 is 1.19 bits per heavy atom. The first-order chi connectivity index (χ1) is 12.4. The zero-order valence-electron chi connectivity index (χ0n) is 13.9. The van der Waals surface area contributed by atoms with Crippen molar-refractivity contribution in [3.05, 3.63) is 69.8 Å². The largest absolute Gasteiger partial charge is 0.508 e. The summed E-state index contributed by atoms with van der Waals surface area (Å²) < 4.78 is 6.36. The summed E-state index contributed by atoms with van der Waals surface area (Å²) in [5, 5.41) is 21.6. The fraction of sp³-hybridized carbons (Fsp3) is 0.158. The highest BCUT2D eigenvalue weighted by Gasteiger charge is 2.25. The number of ether oxygens (including phenoxy) is 1. The summed E-state index contributed by atoms with van der Waals surface area (Å²) in [5.74, 6) is -1.61. The monoisotopic (exact) mass is 467 g/mol. The summed E-state index contributed by atoms with van der Waals surface area (Å²) in [5.41, 5.74) is 0.972. The number of phenols is 1. The second-order valence-corrected chi connectivity index (χ2v) is 6.82. The van der Waals surface area contributed by atoms with Crippen LogP contribution in [0.25, 0.3) is 0 Å². The van der Waals surface area contributed by atoms with Gasteiger partial charge in [0.1, 0.15) is 11.9 Å². The van der Waals surface area contributed by atoms with E-state index in [1.807, 2.05) is 6.07 Å². The first kappa shape index (κ1) is 19.8. The Morgan fingerprint density at radius 2 is 1.88 bits per heavy atom. The van der Waals surface area contributed by atoms with Gasteiger partial charge in [0.25, 0.3) is 0 Å². The molecular formula is C19H18INO5. The molecule has 2 aromatic carbocycles. The molecule has 2 rings (SSSR count). The molecule has 1 amide bonds. The van der Waals surface area contributed by atoms with Gasteiger partial charge in [-0.25, -0.2) is 9.59 Å². The van der Waals surface area contributed by atoms with Crippen molar-refractivity contribution < 1.29 is 24.5 Å². The molecule has 3 N–H and O–H groups in total. The summed E-state index contributed by atoms with van der Waals surface area (Å²) in [7, 11) is 0. The Bertz CT molecular complexity index is 807. The van der Waals surface area contributed by atoms with E-state index in [1.165, 1.54) is 12.1 Å². The number of anilines is 1. The minimum absolute atomic E-state index is 0.0292. The number of aliphatic carboxylic acids is 1. The van der Waals surface area contributed by atoms with E-state index in [0.29, 0.717) is 11.3 Å². The Hall–Kier alpha value is -2.55. The first-order valence-corrected chi connectivity index (χ1v) is 8.87. The standard InChI is InChI=1S/C19H18INO5/c1-12(7-10-17(23)24)18(15-11-13(20)8-9-16(15)22)26-19(25)21-14-5-3-2-4-6-14/h2-12,18,22H,1H3,(H,21,25)(H,23,24)/b10-7+/t12-,18-/m1/s1. The summed E-state index contributed by atoms with van der Waals surface area (Å²) in [4.78, 5) is 23.1. The first-order valence-electron chi connectivity index (χ1n) is 7.79. The van der Waals surface area contributed by atoms with E-state index in [-0.39, 0.29) is 5.75 Å². The van der Waals surface area contributed by atoms with Crippen LogP contribution in [0.3, 0.4) is 0 Å². The minimum atomic E-state index is -1.10. The lowest BCUT2D eigenvalue weighted by Crippen LogP contribution is -2.21. The number of nitrogens with one attached hydrogen (secondary N) is 1. The molecule has 0 saturated carbocycles. The van der Waals surface area contributed by atoms with Crippen LogP contribution in [-0.4, -0.2) is 22.3 Å². The quantitative estimate of drug-likeness (QED) is 0.428. The van der Waals surface area contributed by atoms with Crippen molar-refractivity contribution in [3.8, 4) is 5.75 Å². The highest BCUT2D eigenvalue weighted by molar-refractivity contribution is 14.1. The summed E-state index contributed by atoms with van der Waals surface area (Å²) in [6.07, 6.45) is 0.850. The minimum Gasteiger partial charge on any atom is -0.508 e. The highest BCUT2D eigenvalue weighted by Crippen LogP contribution is 2.34. The van der Waals surface area contributed by atoms with Crippen LogP contribution in [0.5, 0.6) is 5.75 Å². The van der Waals surface area contributed by atoms with Gasteiger partial charge >= 0.3 is 12.1 Å². The third-order valence-electron chi connectivity index (χ3n) is 3.57. The lowest BCUT2D eigenvalue weighted by Gasteiger charge is -2.23. The normalized spacial score (nSPS) is 13.2. The third-order valence-corrected chi connectivity index (χ3v) is 4.24. The van der Waals surface area contributed by atoms with E-state index >= 15 is 0 Å². The lowest BCUT2D eigenvalue weighted by atomic mass is 9.96. The molecule has 2 aromatic rings. The number of benzene rings is 2. The van der Waals surface area contributed by atoms with Gasteiger partial charge < -0.3 is 14.9 Å². The zero-order chi connectivity index (χ0) is 19.1. The van der Waals surface area contributed by atoms with Crippen LogP contribution >= 0.6 is 22.6 Å². The number of carbonyl (C=O) groups excluding carboxylic acids is 1. The molecule has 0 heterocycles. The molecule has 0 bridgehead atoms. The van der Waals surface area contributed by atoms with E-state index in [1.54, 1.807) is 43.3 Å². The maximum atomic E-state index is 12.3. The highest BCUT2D eigenvalue weighted by atomic mass is 127. The molecule has 0 aliphatic rings. The van der Waals surface area contributed by atoms with Crippen LogP contribution in [-0.2, 0) is 9.53 Å². The molecule has 0 fully saturated rings. The number of hydrogen-bond acceptors (Lipinski definition) is 4. The number of aromatic hydroxyl groups is 1. The van der Waals surface area contributed by atoms with Crippen molar-refractivity contribution in [2.75, 3.05) is 5.32 Å².